The SMILES string of the molecule is CN1C/C(=C\N2CCCCC2)C(=O)c2ccccc21. The number of ketones is 1. The van der Waals surface area contributed by atoms with Crippen LogP contribution < -0.4 is 4.90 Å². The fraction of sp³-hybridized carbons (Fsp3) is 0.438. The van der Waals surface area contributed by atoms with Gasteiger partial charge in [0.15, 0.2) is 5.78 Å². The molecule has 100 valence electrons. The van der Waals surface area contributed by atoms with E-state index in [1.165, 1.54) is 19.3 Å². The lowest BCUT2D eigenvalue weighted by Gasteiger charge is -2.31. The summed E-state index contributed by atoms with van der Waals surface area (Å²) in [5, 5.41) is 0. The lowest BCUT2D eigenvalue weighted by Crippen LogP contribution is -2.33. The van der Waals surface area contributed by atoms with Gasteiger partial charge in [0, 0.05) is 49.7 Å². The van der Waals surface area contributed by atoms with Crippen LogP contribution in [-0.4, -0.2) is 37.4 Å². The van der Waals surface area contributed by atoms with Crippen LogP contribution in [0.3, 0.4) is 0 Å². The smallest absolute Gasteiger partial charge is 0.194 e. The zero-order valence-corrected chi connectivity index (χ0v) is 11.4. The fourth-order valence-corrected chi connectivity index (χ4v) is 2.95. The van der Waals surface area contributed by atoms with Crippen molar-refractivity contribution in [1.29, 1.82) is 0 Å². The van der Waals surface area contributed by atoms with E-state index in [-0.39, 0.29) is 5.78 Å². The van der Waals surface area contributed by atoms with Crippen LogP contribution in [-0.2, 0) is 0 Å². The highest BCUT2D eigenvalue weighted by Gasteiger charge is 2.25. The second-order valence-electron chi connectivity index (χ2n) is 5.45. The second kappa shape index (κ2) is 5.08. The summed E-state index contributed by atoms with van der Waals surface area (Å²) >= 11 is 0. The van der Waals surface area contributed by atoms with E-state index in [9.17, 15) is 4.79 Å². The van der Waals surface area contributed by atoms with Gasteiger partial charge in [-0.2, -0.15) is 0 Å². The Labute approximate surface area is 114 Å². The molecule has 2 heterocycles. The van der Waals surface area contributed by atoms with Crippen LogP contribution in [0.25, 0.3) is 0 Å². The Balaban J connectivity index is 1.89. The standard InChI is InChI=1S/C16H20N2O/c1-17-11-13(12-18-9-5-2-6-10-18)16(19)14-7-3-4-8-15(14)17/h3-4,7-8,12H,2,5-6,9-11H2,1H3/b13-12+. The fourth-order valence-electron chi connectivity index (χ4n) is 2.95. The predicted octanol–water partition coefficient (Wildman–Crippen LogP) is 2.69. The van der Waals surface area contributed by atoms with Crippen molar-refractivity contribution in [3.63, 3.8) is 0 Å². The topological polar surface area (TPSA) is 23.6 Å². The Kier molecular flexibility index (Phi) is 3.28. The van der Waals surface area contributed by atoms with Gasteiger partial charge in [-0.15, -0.1) is 0 Å². The first-order valence-electron chi connectivity index (χ1n) is 7.05. The summed E-state index contributed by atoms with van der Waals surface area (Å²) in [5.74, 6) is 0.194. The minimum atomic E-state index is 0.194. The van der Waals surface area contributed by atoms with Gasteiger partial charge in [0.05, 0.1) is 0 Å². The first-order valence-corrected chi connectivity index (χ1v) is 7.05. The van der Waals surface area contributed by atoms with E-state index in [0.29, 0.717) is 6.54 Å². The average molecular weight is 256 g/mol. The number of fused-ring (bicyclic) bond motifs is 1. The van der Waals surface area contributed by atoms with Crippen LogP contribution in [0.5, 0.6) is 0 Å². The molecule has 0 amide bonds. The van der Waals surface area contributed by atoms with Gasteiger partial charge in [0.1, 0.15) is 0 Å². The third kappa shape index (κ3) is 2.37. The zero-order chi connectivity index (χ0) is 13.2. The van der Waals surface area contributed by atoms with Crippen LogP contribution >= 0.6 is 0 Å². The maximum absolute atomic E-state index is 12.5. The van der Waals surface area contributed by atoms with Gasteiger partial charge in [-0.3, -0.25) is 4.79 Å². The van der Waals surface area contributed by atoms with Gasteiger partial charge in [0.25, 0.3) is 0 Å². The van der Waals surface area contributed by atoms with Crippen LogP contribution in [0, 0.1) is 0 Å². The number of likely N-dealkylation sites (tertiary alicyclic amines) is 1. The summed E-state index contributed by atoms with van der Waals surface area (Å²) < 4.78 is 0. The highest BCUT2D eigenvalue weighted by Crippen LogP contribution is 2.28. The Morgan fingerprint density at radius 1 is 1.11 bits per heavy atom. The predicted molar refractivity (Wildman–Crippen MR) is 77.5 cm³/mol. The molecule has 2 aliphatic rings. The van der Waals surface area contributed by atoms with Crippen molar-refractivity contribution in [2.75, 3.05) is 31.6 Å². The van der Waals surface area contributed by atoms with Crippen LogP contribution in [0.2, 0.25) is 0 Å². The molecule has 0 bridgehead atoms. The van der Waals surface area contributed by atoms with Crippen molar-refractivity contribution in [3.05, 3.63) is 41.6 Å². The number of hydrogen-bond donors (Lipinski definition) is 0. The zero-order valence-electron chi connectivity index (χ0n) is 11.4. The molecule has 3 rings (SSSR count). The Bertz CT molecular complexity index is 515. The monoisotopic (exact) mass is 256 g/mol. The largest absolute Gasteiger partial charge is 0.377 e. The molecule has 1 aromatic rings. The summed E-state index contributed by atoms with van der Waals surface area (Å²) in [4.78, 5) is 17.0. The Morgan fingerprint density at radius 3 is 2.63 bits per heavy atom. The third-order valence-electron chi connectivity index (χ3n) is 3.99. The highest BCUT2D eigenvalue weighted by atomic mass is 16.1. The molecule has 0 aromatic heterocycles. The van der Waals surface area contributed by atoms with Gasteiger partial charge in [0.2, 0.25) is 0 Å². The number of likely N-dealkylation sites (N-methyl/N-ethyl adjacent to an activating group) is 1. The Hall–Kier alpha value is -1.77. The number of carbonyl (C=O) groups is 1. The van der Waals surface area contributed by atoms with E-state index in [0.717, 1.165) is 29.9 Å². The molecule has 19 heavy (non-hydrogen) atoms. The summed E-state index contributed by atoms with van der Waals surface area (Å²) in [5.41, 5.74) is 2.80. The normalized spacial score (nSPS) is 21.7. The number of piperidine rings is 1. The molecule has 0 unspecified atom stereocenters. The number of nitrogens with zero attached hydrogens (tertiary/aromatic N) is 2. The summed E-state index contributed by atoms with van der Waals surface area (Å²) in [6.45, 7) is 2.89. The number of benzene rings is 1. The van der Waals surface area contributed by atoms with Crippen molar-refractivity contribution in [3.8, 4) is 0 Å². The molecule has 0 saturated carbocycles. The van der Waals surface area contributed by atoms with E-state index in [1.54, 1.807) is 0 Å². The first-order chi connectivity index (χ1) is 9.25. The number of para-hydroxylation sites is 1. The van der Waals surface area contributed by atoms with Gasteiger partial charge >= 0.3 is 0 Å². The Morgan fingerprint density at radius 2 is 1.84 bits per heavy atom. The number of rotatable bonds is 1. The quantitative estimate of drug-likeness (QED) is 0.722. The molecular weight excluding hydrogens is 236 g/mol. The van der Waals surface area contributed by atoms with E-state index >= 15 is 0 Å². The minimum Gasteiger partial charge on any atom is -0.377 e. The lowest BCUT2D eigenvalue weighted by atomic mass is 9.96. The molecule has 1 fully saturated rings. The van der Waals surface area contributed by atoms with Crippen molar-refractivity contribution >= 4 is 11.5 Å². The molecule has 2 aliphatic heterocycles. The molecule has 1 aromatic carbocycles. The van der Waals surface area contributed by atoms with Gasteiger partial charge in [-0.25, -0.2) is 0 Å². The van der Waals surface area contributed by atoms with Crippen molar-refractivity contribution < 1.29 is 4.79 Å². The van der Waals surface area contributed by atoms with Crippen molar-refractivity contribution in [2.45, 2.75) is 19.3 Å². The average Bonchev–Trinajstić information content (AvgIpc) is 2.46. The molecular formula is C16H20N2O. The number of carbonyl (C=O) groups excluding carboxylic acids is 1. The molecule has 3 heteroatoms. The van der Waals surface area contributed by atoms with Gasteiger partial charge in [-0.05, 0) is 31.4 Å². The first kappa shape index (κ1) is 12.3. The van der Waals surface area contributed by atoms with Crippen molar-refractivity contribution in [2.24, 2.45) is 0 Å². The summed E-state index contributed by atoms with van der Waals surface area (Å²) in [6, 6.07) is 7.87. The molecule has 0 atom stereocenters. The van der Waals surface area contributed by atoms with Crippen LogP contribution in [0.4, 0.5) is 5.69 Å². The molecule has 3 nitrogen and oxygen atoms in total. The summed E-state index contributed by atoms with van der Waals surface area (Å²) in [7, 11) is 2.05. The molecule has 1 saturated heterocycles. The number of Topliss-reactive ketones (excluding diaryl/α,β-unsaturated/α-hetero) is 1. The number of anilines is 1. The van der Waals surface area contributed by atoms with E-state index in [2.05, 4.69) is 23.0 Å². The van der Waals surface area contributed by atoms with Gasteiger partial charge in [-0.1, -0.05) is 12.1 Å². The highest BCUT2D eigenvalue weighted by molar-refractivity contribution is 6.14. The molecule has 0 spiro atoms. The summed E-state index contributed by atoms with van der Waals surface area (Å²) in [6.07, 6.45) is 5.89. The van der Waals surface area contributed by atoms with Gasteiger partial charge < -0.3 is 9.80 Å². The maximum atomic E-state index is 12.5. The van der Waals surface area contributed by atoms with Crippen LogP contribution in [0.1, 0.15) is 29.6 Å². The minimum absolute atomic E-state index is 0.194. The van der Waals surface area contributed by atoms with Crippen LogP contribution in [0.15, 0.2) is 36.0 Å². The number of hydrogen-bond acceptors (Lipinski definition) is 3. The maximum Gasteiger partial charge on any atom is 0.194 e. The molecule has 0 N–H and O–H groups in total. The third-order valence-corrected chi connectivity index (χ3v) is 3.99. The molecule has 0 radical (unpaired) electrons. The molecule has 0 aliphatic carbocycles. The van der Waals surface area contributed by atoms with Crippen molar-refractivity contribution in [1.82, 2.24) is 4.90 Å². The lowest BCUT2D eigenvalue weighted by molar-refractivity contribution is 0.102. The van der Waals surface area contributed by atoms with E-state index in [1.807, 2.05) is 24.3 Å². The second-order valence-corrected chi connectivity index (χ2v) is 5.45. The van der Waals surface area contributed by atoms with E-state index in [4.69, 9.17) is 0 Å². The van der Waals surface area contributed by atoms with E-state index < -0.39 is 0 Å².